The molecule has 3 aromatic carbocycles. The maximum Gasteiger partial charge on any atom is 0.186 e. The molecule has 2 aromatic heterocycles. The van der Waals surface area contributed by atoms with E-state index in [-0.39, 0.29) is 6.04 Å². The van der Waals surface area contributed by atoms with Crippen LogP contribution in [-0.4, -0.2) is 23.6 Å². The summed E-state index contributed by atoms with van der Waals surface area (Å²) in [4.78, 5) is 11.2. The fraction of sp³-hybridized carbons (Fsp3) is 0.148. The Morgan fingerprint density at radius 1 is 1.06 bits per heavy atom. The molecule has 4 nitrogen and oxygen atoms in total. The van der Waals surface area contributed by atoms with Gasteiger partial charge in [0.1, 0.15) is 5.75 Å². The third kappa shape index (κ3) is 3.58. The lowest BCUT2D eigenvalue weighted by atomic mass is 9.92. The molecule has 1 unspecified atom stereocenters. The Morgan fingerprint density at radius 3 is 2.67 bits per heavy atom. The minimum Gasteiger partial charge on any atom is -0.497 e. The Morgan fingerprint density at radius 2 is 1.88 bits per heavy atom. The number of methoxy groups -OCH3 is 1. The average Bonchev–Trinajstić information content (AvgIpc) is 3.49. The summed E-state index contributed by atoms with van der Waals surface area (Å²) in [5, 5.41) is 5.15. The number of anilines is 1. The van der Waals surface area contributed by atoms with Crippen molar-refractivity contribution < 1.29 is 4.74 Å². The van der Waals surface area contributed by atoms with Crippen LogP contribution in [0.2, 0.25) is 5.02 Å². The van der Waals surface area contributed by atoms with E-state index in [1.165, 1.54) is 22.2 Å². The zero-order chi connectivity index (χ0) is 22.4. The summed E-state index contributed by atoms with van der Waals surface area (Å²) in [6.07, 6.45) is 0.933. The number of hydrogen-bond acceptors (Lipinski definition) is 4. The summed E-state index contributed by atoms with van der Waals surface area (Å²) in [7, 11) is 1.70. The number of H-pyrrole nitrogens is 1. The largest absolute Gasteiger partial charge is 0.497 e. The molecule has 33 heavy (non-hydrogen) atoms. The van der Waals surface area contributed by atoms with Gasteiger partial charge in [-0.05, 0) is 47.9 Å². The lowest BCUT2D eigenvalue weighted by Gasteiger charge is -2.36. The number of fused-ring (bicyclic) bond motifs is 3. The average molecular weight is 472 g/mol. The molecule has 0 radical (unpaired) electrons. The van der Waals surface area contributed by atoms with Crippen LogP contribution in [0.1, 0.15) is 22.9 Å². The van der Waals surface area contributed by atoms with E-state index in [1.807, 2.05) is 24.3 Å². The maximum atomic E-state index is 6.34. The van der Waals surface area contributed by atoms with Crippen molar-refractivity contribution in [3.63, 3.8) is 0 Å². The summed E-state index contributed by atoms with van der Waals surface area (Å²) >= 11 is 8.04. The van der Waals surface area contributed by atoms with Gasteiger partial charge in [0, 0.05) is 39.1 Å². The zero-order valence-corrected chi connectivity index (χ0v) is 19.7. The summed E-state index contributed by atoms with van der Waals surface area (Å²) in [5.41, 5.74) is 7.02. The van der Waals surface area contributed by atoms with Gasteiger partial charge < -0.3 is 14.6 Å². The topological polar surface area (TPSA) is 41.1 Å². The summed E-state index contributed by atoms with van der Waals surface area (Å²) in [6, 6.07) is 24.8. The van der Waals surface area contributed by atoms with Crippen LogP contribution in [0.3, 0.4) is 0 Å². The lowest BCUT2D eigenvalue weighted by Crippen LogP contribution is -2.36. The van der Waals surface area contributed by atoms with E-state index in [2.05, 4.69) is 63.8 Å². The Hall–Kier alpha value is -3.28. The van der Waals surface area contributed by atoms with Crippen LogP contribution >= 0.6 is 22.9 Å². The lowest BCUT2D eigenvalue weighted by molar-refractivity contribution is 0.414. The number of aromatic nitrogens is 2. The first kappa shape index (κ1) is 20.3. The molecule has 0 aliphatic carbocycles. The third-order valence-corrected chi connectivity index (χ3v) is 7.44. The van der Waals surface area contributed by atoms with Crippen molar-refractivity contribution in [2.24, 2.45) is 0 Å². The third-order valence-electron chi connectivity index (χ3n) is 6.33. The molecule has 1 aliphatic heterocycles. The molecule has 1 atom stereocenters. The van der Waals surface area contributed by atoms with Crippen molar-refractivity contribution in [3.8, 4) is 17.0 Å². The van der Waals surface area contributed by atoms with Gasteiger partial charge in [0.15, 0.2) is 5.13 Å². The number of nitrogens with one attached hydrogen (secondary N) is 1. The fourth-order valence-corrected chi connectivity index (χ4v) is 5.80. The molecule has 0 amide bonds. The van der Waals surface area contributed by atoms with Crippen molar-refractivity contribution in [2.45, 2.75) is 12.5 Å². The predicted octanol–water partition coefficient (Wildman–Crippen LogP) is 7.11. The molecule has 6 heteroatoms. The van der Waals surface area contributed by atoms with Gasteiger partial charge in [-0.2, -0.15) is 0 Å². The molecule has 6 rings (SSSR count). The first-order chi connectivity index (χ1) is 16.2. The van der Waals surface area contributed by atoms with Crippen LogP contribution in [0, 0.1) is 0 Å². The van der Waals surface area contributed by atoms with E-state index in [0.717, 1.165) is 45.6 Å². The number of hydrogen-bond donors (Lipinski definition) is 1. The van der Waals surface area contributed by atoms with Crippen LogP contribution in [-0.2, 0) is 6.42 Å². The van der Waals surface area contributed by atoms with E-state index >= 15 is 0 Å². The summed E-state index contributed by atoms with van der Waals surface area (Å²) in [6.45, 7) is 0.880. The van der Waals surface area contributed by atoms with Gasteiger partial charge in [-0.15, -0.1) is 11.3 Å². The van der Waals surface area contributed by atoms with Gasteiger partial charge >= 0.3 is 0 Å². The number of ether oxygens (including phenoxy) is 1. The van der Waals surface area contributed by atoms with Crippen molar-refractivity contribution in [1.82, 2.24) is 9.97 Å². The minimum atomic E-state index is 0.0283. The Kier molecular flexibility index (Phi) is 5.08. The first-order valence-corrected chi connectivity index (χ1v) is 12.2. The van der Waals surface area contributed by atoms with Crippen LogP contribution in [0.4, 0.5) is 5.13 Å². The molecule has 0 spiro atoms. The summed E-state index contributed by atoms with van der Waals surface area (Å²) < 4.78 is 5.40. The van der Waals surface area contributed by atoms with Gasteiger partial charge in [-0.3, -0.25) is 0 Å². The van der Waals surface area contributed by atoms with E-state index in [9.17, 15) is 0 Å². The number of aromatic amines is 1. The highest BCUT2D eigenvalue weighted by Gasteiger charge is 2.33. The normalized spacial score (nSPS) is 15.6. The number of benzene rings is 3. The molecule has 0 bridgehead atoms. The fourth-order valence-electron chi connectivity index (χ4n) is 4.74. The van der Waals surface area contributed by atoms with Gasteiger partial charge in [-0.25, -0.2) is 4.98 Å². The van der Waals surface area contributed by atoms with Crippen LogP contribution in [0.25, 0.3) is 22.2 Å². The molecule has 0 saturated carbocycles. The maximum absolute atomic E-state index is 6.34. The van der Waals surface area contributed by atoms with Gasteiger partial charge in [0.25, 0.3) is 0 Å². The molecule has 0 saturated heterocycles. The van der Waals surface area contributed by atoms with E-state index < -0.39 is 0 Å². The molecule has 3 heterocycles. The second-order valence-electron chi connectivity index (χ2n) is 8.21. The molecule has 0 fully saturated rings. The molecule has 1 N–H and O–H groups in total. The van der Waals surface area contributed by atoms with Crippen molar-refractivity contribution in [3.05, 3.63) is 100 Å². The smallest absolute Gasteiger partial charge is 0.186 e. The number of rotatable bonds is 4. The van der Waals surface area contributed by atoms with Crippen molar-refractivity contribution in [2.75, 3.05) is 18.6 Å². The molecule has 1 aliphatic rings. The van der Waals surface area contributed by atoms with Gasteiger partial charge in [0.05, 0.1) is 18.8 Å². The molecule has 5 aromatic rings. The summed E-state index contributed by atoms with van der Waals surface area (Å²) in [5.74, 6) is 0.852. The zero-order valence-electron chi connectivity index (χ0n) is 18.1. The Bertz CT molecular complexity index is 1430. The van der Waals surface area contributed by atoms with E-state index in [1.54, 1.807) is 18.4 Å². The van der Waals surface area contributed by atoms with Crippen molar-refractivity contribution >= 4 is 39.0 Å². The molecule has 164 valence electrons. The predicted molar refractivity (Wildman–Crippen MR) is 137 cm³/mol. The van der Waals surface area contributed by atoms with Crippen molar-refractivity contribution in [1.29, 1.82) is 0 Å². The second-order valence-corrected chi connectivity index (χ2v) is 9.48. The Balaban J connectivity index is 1.48. The highest BCUT2D eigenvalue weighted by atomic mass is 35.5. The van der Waals surface area contributed by atoms with Crippen LogP contribution in [0.15, 0.2) is 78.2 Å². The monoisotopic (exact) mass is 471 g/mol. The standard InChI is InChI=1S/C27H22ClN3OS/c1-32-20-10-7-18(8-11-20)26-25-21(22-15-19(28)9-12-23(22)29-25)13-14-31(26)27-30-24(16-33-27)17-5-3-2-4-6-17/h2-12,15-16,26,29H,13-14H2,1H3. The first-order valence-electron chi connectivity index (χ1n) is 10.9. The number of halogens is 1. The Labute approximate surface area is 201 Å². The molecular weight excluding hydrogens is 450 g/mol. The number of nitrogens with zero attached hydrogens (tertiary/aromatic N) is 2. The molecular formula is C27H22ClN3OS. The number of thiazole rings is 1. The minimum absolute atomic E-state index is 0.0283. The highest BCUT2D eigenvalue weighted by molar-refractivity contribution is 7.14. The quantitative estimate of drug-likeness (QED) is 0.303. The van der Waals surface area contributed by atoms with Crippen LogP contribution < -0.4 is 9.64 Å². The van der Waals surface area contributed by atoms with Gasteiger partial charge in [0.2, 0.25) is 0 Å². The highest BCUT2D eigenvalue weighted by Crippen LogP contribution is 2.43. The van der Waals surface area contributed by atoms with E-state index in [0.29, 0.717) is 0 Å². The SMILES string of the molecule is COc1ccc(C2c3[nH]c4ccc(Cl)cc4c3CCN2c2nc(-c3ccccc3)cs2)cc1. The van der Waals surface area contributed by atoms with E-state index in [4.69, 9.17) is 21.3 Å². The van der Waals surface area contributed by atoms with Crippen LogP contribution in [0.5, 0.6) is 5.75 Å². The second kappa shape index (κ2) is 8.25. The van der Waals surface area contributed by atoms with Gasteiger partial charge in [-0.1, -0.05) is 54.1 Å².